The van der Waals surface area contributed by atoms with Crippen LogP contribution in [-0.2, 0) is 13.1 Å². The van der Waals surface area contributed by atoms with E-state index in [1.54, 1.807) is 6.20 Å². The molecule has 0 atom stereocenters. The molecule has 0 saturated carbocycles. The normalized spacial score (nSPS) is 15.3. The fraction of sp³-hybridized carbons (Fsp3) is 0.455. The zero-order chi connectivity index (χ0) is 22.1. The molecule has 1 aromatic heterocycles. The smallest absolute Gasteiger partial charge is 0.387 e. The van der Waals surface area contributed by atoms with Crippen molar-refractivity contribution < 1.29 is 17.9 Å². The van der Waals surface area contributed by atoms with E-state index >= 15 is 0 Å². The van der Waals surface area contributed by atoms with Crippen molar-refractivity contribution in [3.8, 4) is 5.75 Å². The molecule has 176 valence electrons. The van der Waals surface area contributed by atoms with Crippen molar-refractivity contribution in [3.63, 3.8) is 0 Å². The number of aromatic nitrogens is 1. The molecule has 0 bridgehead atoms. The Morgan fingerprint density at radius 1 is 1.22 bits per heavy atom. The number of pyridine rings is 1. The van der Waals surface area contributed by atoms with E-state index < -0.39 is 12.4 Å². The van der Waals surface area contributed by atoms with Crippen LogP contribution in [0.4, 0.5) is 13.2 Å². The van der Waals surface area contributed by atoms with Gasteiger partial charge in [0.15, 0.2) is 5.96 Å². The van der Waals surface area contributed by atoms with Crippen LogP contribution < -0.4 is 15.4 Å². The van der Waals surface area contributed by atoms with E-state index in [-0.39, 0.29) is 47.9 Å². The zero-order valence-electron chi connectivity index (χ0n) is 17.9. The van der Waals surface area contributed by atoms with Gasteiger partial charge >= 0.3 is 6.61 Å². The summed E-state index contributed by atoms with van der Waals surface area (Å²) in [6.45, 7) is 2.10. The van der Waals surface area contributed by atoms with Gasteiger partial charge in [0.1, 0.15) is 11.6 Å². The minimum absolute atomic E-state index is 0. The molecule has 0 spiro atoms. The highest BCUT2D eigenvalue weighted by Crippen LogP contribution is 2.24. The van der Waals surface area contributed by atoms with Gasteiger partial charge in [0, 0.05) is 38.4 Å². The van der Waals surface area contributed by atoms with Gasteiger partial charge in [0.25, 0.3) is 0 Å². The molecule has 1 aliphatic rings. The maximum absolute atomic E-state index is 14.2. The lowest BCUT2D eigenvalue weighted by Gasteiger charge is -2.32. The highest BCUT2D eigenvalue weighted by Gasteiger charge is 2.20. The number of hydrogen-bond donors (Lipinski definition) is 2. The number of nitrogens with zero attached hydrogens (tertiary/aromatic N) is 3. The predicted molar refractivity (Wildman–Crippen MR) is 129 cm³/mol. The largest absolute Gasteiger partial charge is 0.434 e. The van der Waals surface area contributed by atoms with Gasteiger partial charge in [-0.1, -0.05) is 12.1 Å². The number of rotatable bonds is 8. The first-order valence-electron chi connectivity index (χ1n) is 10.4. The number of likely N-dealkylation sites (tertiary alicyclic amines) is 1. The van der Waals surface area contributed by atoms with E-state index in [2.05, 4.69) is 30.2 Å². The maximum atomic E-state index is 14.2. The average molecular weight is 563 g/mol. The summed E-state index contributed by atoms with van der Waals surface area (Å²) in [5.74, 6) is -0.296. The summed E-state index contributed by atoms with van der Waals surface area (Å²) in [6, 6.07) is 10.00. The summed E-state index contributed by atoms with van der Waals surface area (Å²) in [7, 11) is 0. The molecule has 0 amide bonds. The Morgan fingerprint density at radius 2 is 2.00 bits per heavy atom. The summed E-state index contributed by atoms with van der Waals surface area (Å²) < 4.78 is 43.8. The summed E-state index contributed by atoms with van der Waals surface area (Å²) >= 11 is 0. The molecule has 0 radical (unpaired) electrons. The van der Waals surface area contributed by atoms with E-state index in [9.17, 15) is 13.2 Å². The number of piperidine rings is 1. The van der Waals surface area contributed by atoms with Gasteiger partial charge in [-0.05, 0) is 44.0 Å². The molecule has 2 heterocycles. The molecule has 0 aliphatic carbocycles. The lowest BCUT2D eigenvalue weighted by atomic mass is 10.0. The standard InChI is InChI=1S/C22H28F3N5O.HI/c1-2-26-22(28-14-18-19(23)7-5-8-20(18)31-21(24)25)29-16-9-12-30(13-10-16)15-17-6-3-4-11-27-17;/h3-8,11,16,21H,2,9-10,12-15H2,1H3,(H2,26,28,29);1H. The number of alkyl halides is 2. The average Bonchev–Trinajstić information content (AvgIpc) is 2.75. The molecule has 1 saturated heterocycles. The zero-order valence-corrected chi connectivity index (χ0v) is 20.3. The maximum Gasteiger partial charge on any atom is 0.387 e. The number of halogens is 4. The SMILES string of the molecule is CCNC(=NCc1c(F)cccc1OC(F)F)NC1CCN(Cc2ccccn2)CC1.I. The van der Waals surface area contributed by atoms with Crippen molar-refractivity contribution >= 4 is 29.9 Å². The molecule has 32 heavy (non-hydrogen) atoms. The summed E-state index contributed by atoms with van der Waals surface area (Å²) in [4.78, 5) is 11.1. The lowest BCUT2D eigenvalue weighted by molar-refractivity contribution is -0.0506. The molecule has 10 heteroatoms. The first-order chi connectivity index (χ1) is 15.0. The lowest BCUT2D eigenvalue weighted by Crippen LogP contribution is -2.48. The van der Waals surface area contributed by atoms with Gasteiger partial charge in [0.2, 0.25) is 0 Å². The Morgan fingerprint density at radius 3 is 2.66 bits per heavy atom. The first-order valence-corrected chi connectivity index (χ1v) is 10.4. The van der Waals surface area contributed by atoms with Crippen molar-refractivity contribution in [3.05, 3.63) is 59.7 Å². The van der Waals surface area contributed by atoms with Crippen LogP contribution in [0.1, 0.15) is 31.0 Å². The fourth-order valence-electron chi connectivity index (χ4n) is 3.53. The van der Waals surface area contributed by atoms with Crippen LogP contribution >= 0.6 is 24.0 Å². The number of benzene rings is 1. The van der Waals surface area contributed by atoms with Crippen LogP contribution in [0.3, 0.4) is 0 Å². The Kier molecular flexibility index (Phi) is 11.0. The van der Waals surface area contributed by atoms with Crippen LogP contribution in [-0.4, -0.2) is 48.1 Å². The van der Waals surface area contributed by atoms with Crippen molar-refractivity contribution in [2.75, 3.05) is 19.6 Å². The second-order valence-corrected chi connectivity index (χ2v) is 7.31. The number of nitrogens with one attached hydrogen (secondary N) is 2. The van der Waals surface area contributed by atoms with E-state index in [4.69, 9.17) is 0 Å². The number of ether oxygens (including phenoxy) is 1. The topological polar surface area (TPSA) is 61.8 Å². The van der Waals surface area contributed by atoms with Crippen LogP contribution in [0.2, 0.25) is 0 Å². The Balaban J connectivity index is 0.00000363. The van der Waals surface area contributed by atoms with E-state index in [1.807, 2.05) is 25.1 Å². The van der Waals surface area contributed by atoms with Crippen molar-refractivity contribution in [2.45, 2.75) is 45.5 Å². The van der Waals surface area contributed by atoms with Crippen molar-refractivity contribution in [1.82, 2.24) is 20.5 Å². The van der Waals surface area contributed by atoms with Crippen molar-refractivity contribution in [1.29, 1.82) is 0 Å². The molecule has 1 fully saturated rings. The third-order valence-electron chi connectivity index (χ3n) is 5.07. The van der Waals surface area contributed by atoms with Crippen LogP contribution in [0, 0.1) is 5.82 Å². The van der Waals surface area contributed by atoms with Gasteiger partial charge < -0.3 is 15.4 Å². The highest BCUT2D eigenvalue weighted by atomic mass is 127. The van der Waals surface area contributed by atoms with Crippen LogP contribution in [0.25, 0.3) is 0 Å². The molecule has 2 N–H and O–H groups in total. The molecule has 3 rings (SSSR count). The quantitative estimate of drug-likeness (QED) is 0.287. The van der Waals surface area contributed by atoms with Gasteiger partial charge in [-0.2, -0.15) is 8.78 Å². The van der Waals surface area contributed by atoms with E-state index in [0.717, 1.165) is 38.2 Å². The second-order valence-electron chi connectivity index (χ2n) is 7.31. The van der Waals surface area contributed by atoms with Gasteiger partial charge in [-0.25, -0.2) is 9.38 Å². The Hall–Kier alpha value is -2.08. The first kappa shape index (κ1) is 26.2. The molecular formula is C22H29F3IN5O. The molecule has 1 aliphatic heterocycles. The van der Waals surface area contributed by atoms with Crippen molar-refractivity contribution in [2.24, 2.45) is 4.99 Å². The van der Waals surface area contributed by atoms with Crippen LogP contribution in [0.5, 0.6) is 5.75 Å². The molecule has 1 aromatic carbocycles. The fourth-order valence-corrected chi connectivity index (χ4v) is 3.53. The second kappa shape index (κ2) is 13.5. The van der Waals surface area contributed by atoms with Crippen LogP contribution in [0.15, 0.2) is 47.6 Å². The third kappa shape index (κ3) is 8.12. The number of aliphatic imine (C=N–C) groups is 1. The molecule has 2 aromatic rings. The molecule has 6 nitrogen and oxygen atoms in total. The minimum atomic E-state index is -3.02. The molecule has 0 unspecified atom stereocenters. The minimum Gasteiger partial charge on any atom is -0.434 e. The highest BCUT2D eigenvalue weighted by molar-refractivity contribution is 14.0. The summed E-state index contributed by atoms with van der Waals surface area (Å²) in [6.07, 6.45) is 3.66. The molecular weight excluding hydrogens is 534 g/mol. The van der Waals surface area contributed by atoms with E-state index in [0.29, 0.717) is 12.5 Å². The van der Waals surface area contributed by atoms with E-state index in [1.165, 1.54) is 18.2 Å². The van der Waals surface area contributed by atoms with Gasteiger partial charge in [-0.15, -0.1) is 24.0 Å². The Bertz CT molecular complexity index is 849. The monoisotopic (exact) mass is 563 g/mol. The number of guanidine groups is 1. The predicted octanol–water partition coefficient (Wildman–Crippen LogP) is 4.16. The van der Waals surface area contributed by atoms with Gasteiger partial charge in [-0.3, -0.25) is 9.88 Å². The third-order valence-corrected chi connectivity index (χ3v) is 5.07. The van der Waals surface area contributed by atoms with Gasteiger partial charge in [0.05, 0.1) is 17.8 Å². The summed E-state index contributed by atoms with van der Waals surface area (Å²) in [5.41, 5.74) is 1.06. The Labute approximate surface area is 203 Å². The summed E-state index contributed by atoms with van der Waals surface area (Å²) in [5, 5.41) is 6.51. The number of hydrogen-bond acceptors (Lipinski definition) is 4.